The van der Waals surface area contributed by atoms with Crippen molar-refractivity contribution in [2.45, 2.75) is 51.1 Å². The molecule has 2 amide bonds. The zero-order valence-corrected chi connectivity index (χ0v) is 17.6. The van der Waals surface area contributed by atoms with Gasteiger partial charge in [-0.3, -0.25) is 19.3 Å². The van der Waals surface area contributed by atoms with Gasteiger partial charge in [-0.25, -0.2) is 0 Å². The molecule has 4 heterocycles. The highest BCUT2D eigenvalue weighted by molar-refractivity contribution is 5.95. The molecule has 158 valence electrons. The summed E-state index contributed by atoms with van der Waals surface area (Å²) in [6, 6.07) is 2.45. The van der Waals surface area contributed by atoms with Gasteiger partial charge in [-0.1, -0.05) is 6.92 Å². The Balaban J connectivity index is 1.25. The molecular weight excluding hydrogens is 378 g/mol. The highest BCUT2D eigenvalue weighted by Crippen LogP contribution is 2.40. The summed E-state index contributed by atoms with van der Waals surface area (Å²) in [6.07, 6.45) is 12.2. The van der Waals surface area contributed by atoms with Gasteiger partial charge in [0.25, 0.3) is 5.91 Å². The van der Waals surface area contributed by atoms with Gasteiger partial charge >= 0.3 is 0 Å². The summed E-state index contributed by atoms with van der Waals surface area (Å²) in [5.74, 6) is 1.52. The minimum atomic E-state index is 0.0787. The van der Waals surface area contributed by atoms with Crippen LogP contribution >= 0.6 is 0 Å². The predicted molar refractivity (Wildman–Crippen MR) is 112 cm³/mol. The number of hydrogen-bond acceptors (Lipinski definition) is 4. The van der Waals surface area contributed by atoms with Gasteiger partial charge in [-0.15, -0.1) is 0 Å². The summed E-state index contributed by atoms with van der Waals surface area (Å²) in [4.78, 5) is 31.9. The van der Waals surface area contributed by atoms with Crippen LogP contribution in [0.25, 0.3) is 11.1 Å². The van der Waals surface area contributed by atoms with Crippen LogP contribution in [0.15, 0.2) is 30.9 Å². The molecular formula is C23H29N5O2. The molecule has 30 heavy (non-hydrogen) atoms. The average molecular weight is 408 g/mol. The van der Waals surface area contributed by atoms with E-state index in [0.29, 0.717) is 17.4 Å². The fourth-order valence-corrected chi connectivity index (χ4v) is 5.29. The maximum Gasteiger partial charge on any atom is 0.255 e. The van der Waals surface area contributed by atoms with Crippen LogP contribution in [0.4, 0.5) is 0 Å². The second-order valence-corrected chi connectivity index (χ2v) is 9.36. The number of carbonyl (C=O) groups is 2. The van der Waals surface area contributed by atoms with Crippen LogP contribution in [0.5, 0.6) is 0 Å². The van der Waals surface area contributed by atoms with Gasteiger partial charge in [0, 0.05) is 61.3 Å². The number of rotatable bonds is 5. The van der Waals surface area contributed by atoms with Crippen molar-refractivity contribution >= 4 is 11.8 Å². The molecule has 2 aromatic rings. The molecule has 2 saturated heterocycles. The molecule has 3 fully saturated rings. The van der Waals surface area contributed by atoms with Crippen molar-refractivity contribution in [2.24, 2.45) is 24.8 Å². The van der Waals surface area contributed by atoms with Crippen molar-refractivity contribution in [1.82, 2.24) is 25.0 Å². The Kier molecular flexibility index (Phi) is 4.83. The molecule has 0 spiro atoms. The van der Waals surface area contributed by atoms with E-state index in [9.17, 15) is 9.59 Å². The molecule has 7 heteroatoms. The number of aromatic nitrogens is 3. The Labute approximate surface area is 176 Å². The van der Waals surface area contributed by atoms with E-state index in [1.54, 1.807) is 23.3 Å². The monoisotopic (exact) mass is 407 g/mol. The number of nitrogens with one attached hydrogen (secondary N) is 1. The van der Waals surface area contributed by atoms with Crippen LogP contribution in [-0.4, -0.2) is 50.1 Å². The van der Waals surface area contributed by atoms with Crippen LogP contribution in [0.3, 0.4) is 0 Å². The normalized spacial score (nSPS) is 29.7. The Morgan fingerprint density at radius 2 is 1.83 bits per heavy atom. The first-order valence-electron chi connectivity index (χ1n) is 11.0. The van der Waals surface area contributed by atoms with Gasteiger partial charge in [0.2, 0.25) is 5.91 Å². The lowest BCUT2D eigenvalue weighted by Gasteiger charge is -2.39. The highest BCUT2D eigenvalue weighted by Gasteiger charge is 2.44. The molecule has 5 atom stereocenters. The fourth-order valence-electron chi connectivity index (χ4n) is 5.29. The summed E-state index contributed by atoms with van der Waals surface area (Å²) < 4.78 is 1.75. The number of carbonyl (C=O) groups excluding carboxylic acids is 2. The van der Waals surface area contributed by atoms with Crippen molar-refractivity contribution in [3.05, 3.63) is 36.4 Å². The molecule has 2 bridgehead atoms. The maximum absolute atomic E-state index is 13.4. The number of piperidine rings is 1. The first-order valence-corrected chi connectivity index (χ1v) is 11.0. The number of aryl methyl sites for hydroxylation is 1. The summed E-state index contributed by atoms with van der Waals surface area (Å²) in [5, 5.41) is 7.37. The SMILES string of the molecule is C[C@@H]1C[C@@H]1C(=O)NCC1C[C@H]2CC[C@@H](C1)N2C(=O)c1cncc(-c2cnn(C)c2)c1. The second kappa shape index (κ2) is 7.52. The summed E-state index contributed by atoms with van der Waals surface area (Å²) in [5.41, 5.74) is 2.51. The zero-order valence-electron chi connectivity index (χ0n) is 17.6. The molecule has 0 aromatic carbocycles. The van der Waals surface area contributed by atoms with E-state index in [4.69, 9.17) is 0 Å². The van der Waals surface area contributed by atoms with Crippen LogP contribution in [0, 0.1) is 17.8 Å². The second-order valence-electron chi connectivity index (χ2n) is 9.36. The van der Waals surface area contributed by atoms with E-state index in [1.807, 2.05) is 19.3 Å². The largest absolute Gasteiger partial charge is 0.356 e. The van der Waals surface area contributed by atoms with E-state index >= 15 is 0 Å². The molecule has 7 nitrogen and oxygen atoms in total. The molecule has 1 aliphatic carbocycles. The number of nitrogens with zero attached hydrogens (tertiary/aromatic N) is 4. The Morgan fingerprint density at radius 1 is 1.10 bits per heavy atom. The molecule has 2 aromatic heterocycles. The van der Waals surface area contributed by atoms with Crippen molar-refractivity contribution in [1.29, 1.82) is 0 Å². The highest BCUT2D eigenvalue weighted by atomic mass is 16.2. The standard InChI is InChI=1S/C23H29N5O2/c1-14-5-21(14)22(29)25-9-15-6-19-3-4-20(7-15)28(19)23(30)17-8-16(10-24-11-17)18-12-26-27(2)13-18/h8,10-15,19-21H,3-7,9H2,1-2H3,(H,25,29)/t14-,15?,19-,20+,21+/m1/s1. The van der Waals surface area contributed by atoms with E-state index in [1.165, 1.54) is 0 Å². The lowest BCUT2D eigenvalue weighted by atomic mass is 9.90. The summed E-state index contributed by atoms with van der Waals surface area (Å²) in [7, 11) is 1.88. The molecule has 5 rings (SSSR count). The summed E-state index contributed by atoms with van der Waals surface area (Å²) >= 11 is 0. The Hall–Kier alpha value is -2.70. The number of pyridine rings is 1. The van der Waals surface area contributed by atoms with Crippen molar-refractivity contribution < 1.29 is 9.59 Å². The lowest BCUT2D eigenvalue weighted by molar-refractivity contribution is -0.122. The fraction of sp³-hybridized carbons (Fsp3) is 0.565. The first-order chi connectivity index (χ1) is 14.5. The van der Waals surface area contributed by atoms with Gasteiger partial charge in [0.15, 0.2) is 0 Å². The van der Waals surface area contributed by atoms with Crippen LogP contribution in [-0.2, 0) is 11.8 Å². The topological polar surface area (TPSA) is 80.1 Å². The molecule has 0 radical (unpaired) electrons. The van der Waals surface area contributed by atoms with Crippen LogP contribution < -0.4 is 5.32 Å². The van der Waals surface area contributed by atoms with Crippen LogP contribution in [0.2, 0.25) is 0 Å². The lowest BCUT2D eigenvalue weighted by Crippen LogP contribution is -2.48. The van der Waals surface area contributed by atoms with Crippen molar-refractivity contribution in [3.8, 4) is 11.1 Å². The van der Waals surface area contributed by atoms with E-state index in [-0.39, 0.29) is 29.8 Å². The molecule has 1 unspecified atom stereocenters. The van der Waals surface area contributed by atoms with Crippen molar-refractivity contribution in [2.75, 3.05) is 6.54 Å². The first kappa shape index (κ1) is 19.3. The average Bonchev–Trinajstić information content (AvgIpc) is 3.22. The third kappa shape index (κ3) is 3.61. The zero-order chi connectivity index (χ0) is 20.8. The quantitative estimate of drug-likeness (QED) is 0.826. The van der Waals surface area contributed by atoms with Crippen molar-refractivity contribution in [3.63, 3.8) is 0 Å². The van der Waals surface area contributed by atoms with Gasteiger partial charge in [0.1, 0.15) is 0 Å². The van der Waals surface area contributed by atoms with Crippen LogP contribution in [0.1, 0.15) is 49.4 Å². The third-order valence-electron chi connectivity index (χ3n) is 7.10. The Bertz CT molecular complexity index is 956. The molecule has 1 N–H and O–H groups in total. The number of fused-ring (bicyclic) bond motifs is 2. The number of hydrogen-bond donors (Lipinski definition) is 1. The van der Waals surface area contributed by atoms with E-state index < -0.39 is 0 Å². The van der Waals surface area contributed by atoms with Gasteiger partial charge < -0.3 is 10.2 Å². The molecule has 1 saturated carbocycles. The smallest absolute Gasteiger partial charge is 0.255 e. The minimum absolute atomic E-state index is 0.0787. The Morgan fingerprint density at radius 3 is 2.47 bits per heavy atom. The molecule has 2 aliphatic heterocycles. The third-order valence-corrected chi connectivity index (χ3v) is 7.10. The van der Waals surface area contributed by atoms with Gasteiger partial charge in [-0.2, -0.15) is 5.10 Å². The number of amides is 2. The molecule has 3 aliphatic rings. The van der Waals surface area contributed by atoms with Gasteiger partial charge in [0.05, 0.1) is 11.8 Å². The van der Waals surface area contributed by atoms with E-state index in [0.717, 1.165) is 49.8 Å². The minimum Gasteiger partial charge on any atom is -0.356 e. The van der Waals surface area contributed by atoms with E-state index in [2.05, 4.69) is 27.2 Å². The predicted octanol–water partition coefficient (Wildman–Crippen LogP) is 2.64. The maximum atomic E-state index is 13.4. The summed E-state index contributed by atoms with van der Waals surface area (Å²) in [6.45, 7) is 2.88. The van der Waals surface area contributed by atoms with Gasteiger partial charge in [-0.05, 0) is 50.0 Å².